The van der Waals surface area contributed by atoms with Crippen LogP contribution in [0.5, 0.6) is 0 Å². The van der Waals surface area contributed by atoms with Gasteiger partial charge in [-0.25, -0.2) is 0 Å². The molecule has 1 fully saturated rings. The first-order chi connectivity index (χ1) is 16.2. The number of benzene rings is 1. The third-order valence-corrected chi connectivity index (χ3v) is 5.58. The van der Waals surface area contributed by atoms with Gasteiger partial charge in [-0.15, -0.1) is 0 Å². The Kier molecular flexibility index (Phi) is 9.99. The molecule has 0 saturated carbocycles. The normalized spacial score (nSPS) is 27.6. The summed E-state index contributed by atoms with van der Waals surface area (Å²) in [7, 11) is 0. The van der Waals surface area contributed by atoms with Gasteiger partial charge in [0.15, 0.2) is 0 Å². The molecule has 5 amide bonds. The molecule has 0 aromatic heterocycles. The zero-order valence-electron chi connectivity index (χ0n) is 19.6. The van der Waals surface area contributed by atoms with Crippen LogP contribution in [-0.4, -0.2) is 65.4 Å². The highest BCUT2D eigenvalue weighted by Crippen LogP contribution is 2.17. The largest absolute Gasteiger partial charge is 0.394 e. The van der Waals surface area contributed by atoms with E-state index >= 15 is 0 Å². The van der Waals surface area contributed by atoms with Gasteiger partial charge in [-0.2, -0.15) is 0 Å². The third kappa shape index (κ3) is 7.27. The lowest BCUT2D eigenvalue weighted by Gasteiger charge is -2.27. The minimum absolute atomic E-state index is 0.181. The smallest absolute Gasteiger partial charge is 0.245 e. The molecule has 0 aliphatic carbocycles. The topological polar surface area (TPSA) is 166 Å². The van der Waals surface area contributed by atoms with Crippen molar-refractivity contribution in [2.24, 2.45) is 0 Å². The van der Waals surface area contributed by atoms with Crippen LogP contribution in [-0.2, 0) is 24.0 Å². The van der Waals surface area contributed by atoms with E-state index in [1.165, 1.54) is 6.92 Å². The van der Waals surface area contributed by atoms with Gasteiger partial charge in [-0.1, -0.05) is 44.2 Å². The summed E-state index contributed by atoms with van der Waals surface area (Å²) in [4.78, 5) is 63.5. The lowest BCUT2D eigenvalue weighted by Crippen LogP contribution is -2.58. The van der Waals surface area contributed by atoms with Crippen LogP contribution in [0.2, 0.25) is 0 Å². The summed E-state index contributed by atoms with van der Waals surface area (Å²) in [6.07, 6.45) is 0.318. The minimum atomic E-state index is -1.29. The molecule has 5 atom stereocenters. The third-order valence-electron chi connectivity index (χ3n) is 5.58. The van der Waals surface area contributed by atoms with Crippen molar-refractivity contribution in [1.29, 1.82) is 0 Å². The Hall–Kier alpha value is -3.47. The van der Waals surface area contributed by atoms with Crippen molar-refractivity contribution in [3.8, 4) is 0 Å². The summed E-state index contributed by atoms with van der Waals surface area (Å²) in [6.45, 7) is 4.17. The summed E-state index contributed by atoms with van der Waals surface area (Å²) < 4.78 is 0. The van der Waals surface area contributed by atoms with E-state index in [4.69, 9.17) is 0 Å². The fraction of sp³-hybridized carbons (Fsp3) is 0.522. The number of amides is 5. The van der Waals surface area contributed by atoms with E-state index in [-0.39, 0.29) is 19.3 Å². The van der Waals surface area contributed by atoms with Crippen molar-refractivity contribution in [1.82, 2.24) is 26.6 Å². The summed E-state index contributed by atoms with van der Waals surface area (Å²) in [5.41, 5.74) is 0.639. The number of hydrogen-bond acceptors (Lipinski definition) is 6. The molecular formula is C23H33N5O6. The first kappa shape index (κ1) is 26.8. The Morgan fingerprint density at radius 2 is 1.26 bits per heavy atom. The highest BCUT2D eigenvalue weighted by molar-refractivity contribution is 5.95. The van der Waals surface area contributed by atoms with Gasteiger partial charge in [0.05, 0.1) is 19.1 Å². The summed E-state index contributed by atoms with van der Waals surface area (Å²) in [6, 6.07) is 3.86. The van der Waals surface area contributed by atoms with E-state index in [1.54, 1.807) is 44.2 Å². The fourth-order valence-electron chi connectivity index (χ4n) is 3.50. The van der Waals surface area contributed by atoms with Crippen molar-refractivity contribution < 1.29 is 29.1 Å². The standard InChI is InChI=1S/C23H33N5O6/c1-4-15-21(32)24-13(3)20(31)26-16(5-2)22(33)28-18(12-29)23(34)27-17(11-19(30)25-15)14-9-7-6-8-10-14/h6-10,13,15-18,29H,4-5,11-12H2,1-3H3,(H,24,32)(H,25,30)(H,26,31)(H,27,34)(H,28,33)/t13-,15-,16-,17+,18-/m0/s1. The highest BCUT2D eigenvalue weighted by atomic mass is 16.3. The Bertz CT molecular complexity index is 893. The predicted molar refractivity (Wildman–Crippen MR) is 123 cm³/mol. The maximum absolute atomic E-state index is 12.9. The Balaban J connectivity index is 2.38. The van der Waals surface area contributed by atoms with Crippen LogP contribution in [0.15, 0.2) is 30.3 Å². The molecule has 2 rings (SSSR count). The summed E-state index contributed by atoms with van der Waals surface area (Å²) in [5.74, 6) is -2.97. The van der Waals surface area contributed by atoms with Crippen LogP contribution in [0.25, 0.3) is 0 Å². The molecular weight excluding hydrogens is 442 g/mol. The van der Waals surface area contributed by atoms with E-state index in [0.29, 0.717) is 5.56 Å². The first-order valence-corrected chi connectivity index (χ1v) is 11.4. The Morgan fingerprint density at radius 3 is 1.85 bits per heavy atom. The van der Waals surface area contributed by atoms with Gasteiger partial charge in [0.25, 0.3) is 0 Å². The van der Waals surface area contributed by atoms with E-state index < -0.39 is 66.4 Å². The Labute approximate surface area is 198 Å². The van der Waals surface area contributed by atoms with Crippen LogP contribution in [0, 0.1) is 0 Å². The molecule has 186 valence electrons. The van der Waals surface area contributed by atoms with Gasteiger partial charge in [0.1, 0.15) is 24.2 Å². The number of nitrogens with one attached hydrogen (secondary N) is 5. The van der Waals surface area contributed by atoms with Crippen LogP contribution in [0.1, 0.15) is 51.6 Å². The number of carbonyl (C=O) groups is 5. The minimum Gasteiger partial charge on any atom is -0.394 e. The molecule has 34 heavy (non-hydrogen) atoms. The second-order valence-corrected chi connectivity index (χ2v) is 8.15. The molecule has 1 aromatic rings. The molecule has 6 N–H and O–H groups in total. The van der Waals surface area contributed by atoms with Gasteiger partial charge in [-0.05, 0) is 25.3 Å². The molecule has 1 saturated heterocycles. The summed E-state index contributed by atoms with van der Waals surface area (Å²) in [5, 5.41) is 22.6. The molecule has 1 heterocycles. The quantitative estimate of drug-likeness (QED) is 0.327. The average molecular weight is 476 g/mol. The number of hydrogen-bond donors (Lipinski definition) is 6. The zero-order valence-corrected chi connectivity index (χ0v) is 19.6. The monoisotopic (exact) mass is 475 g/mol. The highest BCUT2D eigenvalue weighted by Gasteiger charge is 2.31. The lowest BCUT2D eigenvalue weighted by molar-refractivity contribution is -0.135. The van der Waals surface area contributed by atoms with Crippen molar-refractivity contribution in [2.45, 2.75) is 70.2 Å². The van der Waals surface area contributed by atoms with Gasteiger partial charge >= 0.3 is 0 Å². The van der Waals surface area contributed by atoms with Crippen molar-refractivity contribution >= 4 is 29.5 Å². The van der Waals surface area contributed by atoms with Crippen LogP contribution >= 0.6 is 0 Å². The molecule has 0 unspecified atom stereocenters. The Morgan fingerprint density at radius 1 is 0.735 bits per heavy atom. The van der Waals surface area contributed by atoms with Crippen molar-refractivity contribution in [2.75, 3.05) is 6.61 Å². The number of carbonyl (C=O) groups excluding carboxylic acids is 5. The van der Waals surface area contributed by atoms with E-state index in [1.807, 2.05) is 0 Å². The van der Waals surface area contributed by atoms with Crippen LogP contribution < -0.4 is 26.6 Å². The number of aliphatic hydroxyl groups excluding tert-OH is 1. The lowest BCUT2D eigenvalue weighted by atomic mass is 10.0. The molecule has 1 aliphatic rings. The van der Waals surface area contributed by atoms with Crippen LogP contribution in [0.3, 0.4) is 0 Å². The van der Waals surface area contributed by atoms with Gasteiger partial charge in [0.2, 0.25) is 29.5 Å². The molecule has 1 aromatic carbocycles. The maximum Gasteiger partial charge on any atom is 0.245 e. The molecule has 0 spiro atoms. The van der Waals surface area contributed by atoms with Crippen molar-refractivity contribution in [3.05, 3.63) is 35.9 Å². The van der Waals surface area contributed by atoms with Gasteiger partial charge < -0.3 is 31.7 Å². The molecule has 0 bridgehead atoms. The van der Waals surface area contributed by atoms with Gasteiger partial charge in [0, 0.05) is 0 Å². The van der Waals surface area contributed by atoms with E-state index in [0.717, 1.165) is 0 Å². The maximum atomic E-state index is 12.9. The second kappa shape index (κ2) is 12.7. The second-order valence-electron chi connectivity index (χ2n) is 8.15. The molecule has 11 nitrogen and oxygen atoms in total. The predicted octanol–water partition coefficient (Wildman–Crippen LogP) is -0.981. The van der Waals surface area contributed by atoms with Crippen LogP contribution in [0.4, 0.5) is 0 Å². The van der Waals surface area contributed by atoms with Gasteiger partial charge in [-0.3, -0.25) is 24.0 Å². The molecule has 0 radical (unpaired) electrons. The van der Waals surface area contributed by atoms with Crippen molar-refractivity contribution in [3.63, 3.8) is 0 Å². The SMILES string of the molecule is CC[C@@H]1NC(=O)C[C@H](c2ccccc2)NC(=O)[C@H](CO)NC(=O)[C@H](CC)NC(=O)[C@H](C)NC1=O. The molecule has 11 heteroatoms. The summed E-state index contributed by atoms with van der Waals surface area (Å²) >= 11 is 0. The first-order valence-electron chi connectivity index (χ1n) is 11.4. The van der Waals surface area contributed by atoms with E-state index in [9.17, 15) is 29.1 Å². The zero-order chi connectivity index (χ0) is 25.3. The molecule has 1 aliphatic heterocycles. The number of rotatable bonds is 4. The fourth-order valence-corrected chi connectivity index (χ4v) is 3.50. The average Bonchev–Trinajstić information content (AvgIpc) is 2.83. The number of aliphatic hydroxyl groups is 1. The van der Waals surface area contributed by atoms with E-state index in [2.05, 4.69) is 26.6 Å².